The van der Waals surface area contributed by atoms with Gasteiger partial charge in [-0.1, -0.05) is 226 Å². The highest BCUT2D eigenvalue weighted by Crippen LogP contribution is 2.26. The van der Waals surface area contributed by atoms with Gasteiger partial charge in [0.15, 0.2) is 0 Å². The highest BCUT2D eigenvalue weighted by Gasteiger charge is 2.43. The average Bonchev–Trinajstić information content (AvgIpc) is 3.23. The predicted molar refractivity (Wildman–Crippen MR) is 249 cm³/mol. The Morgan fingerprint density at radius 2 is 0.800 bits per heavy atom. The van der Waals surface area contributed by atoms with E-state index in [9.17, 15) is 39.1 Å². The zero-order chi connectivity index (χ0) is 44.1. The Morgan fingerprint density at radius 3 is 1.17 bits per heavy atom. The fourth-order valence-electron chi connectivity index (χ4n) is 8.88. The number of ether oxygens (including phenoxy) is 1. The molecule has 1 heterocycles. The summed E-state index contributed by atoms with van der Waals surface area (Å²) in [6.45, 7) is 3.95. The van der Waals surface area contributed by atoms with Crippen LogP contribution < -0.4 is 4.72 Å². The van der Waals surface area contributed by atoms with Crippen molar-refractivity contribution in [2.75, 3.05) is 12.4 Å². The Kier molecular flexibility index (Phi) is 37.5. The van der Waals surface area contributed by atoms with Gasteiger partial charge in [-0.05, 0) is 25.7 Å². The van der Waals surface area contributed by atoms with E-state index in [0.717, 1.165) is 44.9 Å². The molecule has 0 saturated carbocycles. The second-order valence-electron chi connectivity index (χ2n) is 18.6. The van der Waals surface area contributed by atoms with E-state index in [-0.39, 0.29) is 18.6 Å². The number of sulfonamides is 1. The minimum absolute atomic E-state index is 0.0257. The molecule has 1 rings (SSSR count). The van der Waals surface area contributed by atoms with E-state index in [4.69, 9.17) is 4.74 Å². The van der Waals surface area contributed by atoms with Gasteiger partial charge in [0.25, 0.3) is 0 Å². The summed E-state index contributed by atoms with van der Waals surface area (Å²) in [6.07, 6.45) is 33.3. The van der Waals surface area contributed by atoms with Gasteiger partial charge in [-0.2, -0.15) is 0 Å². The molecule has 1 aliphatic heterocycles. The van der Waals surface area contributed by atoms with Gasteiger partial charge >= 0.3 is 0 Å². The van der Waals surface area contributed by atoms with Crippen LogP contribution in [-0.2, 0) is 14.8 Å². The molecule has 10 nitrogen and oxygen atoms in total. The highest BCUT2D eigenvalue weighted by atomic mass is 32.2. The van der Waals surface area contributed by atoms with Crippen LogP contribution in [0.5, 0.6) is 0 Å². The lowest BCUT2D eigenvalue weighted by Gasteiger charge is -2.40. The molecule has 8 atom stereocenters. The Labute approximate surface area is 369 Å². The fraction of sp³-hybridized carbons (Fsp3) is 1.00. The molecule has 0 amide bonds. The maximum atomic E-state index is 13.3. The Morgan fingerprint density at radius 1 is 0.467 bits per heavy atom. The van der Waals surface area contributed by atoms with E-state index in [1.165, 1.54) is 167 Å². The summed E-state index contributed by atoms with van der Waals surface area (Å²) in [5, 5.41) is 62.8. The van der Waals surface area contributed by atoms with Crippen molar-refractivity contribution in [3.05, 3.63) is 0 Å². The van der Waals surface area contributed by atoms with Crippen LogP contribution in [0, 0.1) is 0 Å². The average molecular weight is 878 g/mol. The van der Waals surface area contributed by atoms with E-state index >= 15 is 0 Å². The number of rotatable bonds is 44. The predicted octanol–water partition coefficient (Wildman–Crippen LogP) is 10.3. The minimum Gasteiger partial charge on any atom is -0.394 e. The Balaban J connectivity index is 2.35. The summed E-state index contributed by atoms with van der Waals surface area (Å²) in [5.74, 6) is -0.0791. The van der Waals surface area contributed by atoms with Gasteiger partial charge < -0.3 is 35.4 Å². The van der Waals surface area contributed by atoms with Gasteiger partial charge in [0, 0.05) is 0 Å². The van der Waals surface area contributed by atoms with Crippen LogP contribution in [0.25, 0.3) is 0 Å². The molecule has 60 heavy (non-hydrogen) atoms. The molecular weight excluding hydrogens is 779 g/mol. The summed E-state index contributed by atoms with van der Waals surface area (Å²) in [4.78, 5) is 0. The third kappa shape index (κ3) is 29.9. The van der Waals surface area contributed by atoms with E-state index in [0.29, 0.717) is 12.8 Å². The van der Waals surface area contributed by atoms with E-state index < -0.39 is 65.4 Å². The first-order valence-electron chi connectivity index (χ1n) is 25.7. The first kappa shape index (κ1) is 57.6. The largest absolute Gasteiger partial charge is 0.394 e. The van der Waals surface area contributed by atoms with Gasteiger partial charge in [-0.15, -0.1) is 0 Å². The van der Waals surface area contributed by atoms with E-state index in [2.05, 4.69) is 18.6 Å². The normalized spacial score (nSPS) is 21.4. The molecule has 1 saturated heterocycles. The van der Waals surface area contributed by atoms with Crippen LogP contribution in [0.15, 0.2) is 0 Å². The van der Waals surface area contributed by atoms with Crippen LogP contribution in [-0.4, -0.2) is 100 Å². The number of aliphatic hydroxyl groups is 6. The molecular formula is C49H99NO9S. The van der Waals surface area contributed by atoms with E-state index in [1.807, 2.05) is 0 Å². The molecule has 0 aromatic carbocycles. The van der Waals surface area contributed by atoms with Crippen LogP contribution >= 0.6 is 0 Å². The molecule has 0 unspecified atom stereocenters. The number of hydrogen-bond acceptors (Lipinski definition) is 9. The van der Waals surface area contributed by atoms with Crippen molar-refractivity contribution in [1.82, 2.24) is 4.72 Å². The number of hydrogen-bond donors (Lipinski definition) is 7. The molecule has 0 aliphatic carbocycles. The molecule has 0 aromatic rings. The summed E-state index contributed by atoms with van der Waals surface area (Å²) in [7, 11) is -3.79. The molecule has 1 aliphatic rings. The molecule has 0 radical (unpaired) electrons. The molecule has 11 heteroatoms. The maximum Gasteiger partial charge on any atom is 0.211 e. The van der Waals surface area contributed by atoms with Gasteiger partial charge in [-0.25, -0.2) is 13.1 Å². The third-order valence-corrected chi connectivity index (χ3v) is 14.5. The van der Waals surface area contributed by atoms with Gasteiger partial charge in [0.05, 0.1) is 36.7 Å². The topological polar surface area (TPSA) is 177 Å². The van der Waals surface area contributed by atoms with Crippen molar-refractivity contribution >= 4 is 10.0 Å². The molecule has 7 N–H and O–H groups in total. The van der Waals surface area contributed by atoms with E-state index in [1.54, 1.807) is 0 Å². The zero-order valence-corrected chi connectivity index (χ0v) is 39.8. The highest BCUT2D eigenvalue weighted by molar-refractivity contribution is 7.89. The lowest BCUT2D eigenvalue weighted by Crippen LogP contribution is -2.59. The second-order valence-corrected chi connectivity index (χ2v) is 20.5. The number of aliphatic hydroxyl groups excluding tert-OH is 6. The Hall–Kier alpha value is -0.370. The summed E-state index contributed by atoms with van der Waals surface area (Å²) in [6, 6.07) is -1.03. The van der Waals surface area contributed by atoms with Crippen molar-refractivity contribution in [2.45, 2.75) is 300 Å². The van der Waals surface area contributed by atoms with Crippen LogP contribution in [0.2, 0.25) is 0 Å². The molecule has 0 bridgehead atoms. The van der Waals surface area contributed by atoms with Crippen molar-refractivity contribution < 1.29 is 43.8 Å². The van der Waals surface area contributed by atoms with Gasteiger partial charge in [-0.3, -0.25) is 0 Å². The van der Waals surface area contributed by atoms with Crippen LogP contribution in [0.4, 0.5) is 0 Å². The molecule has 360 valence electrons. The lowest BCUT2D eigenvalue weighted by molar-refractivity contribution is -0.230. The molecule has 1 fully saturated rings. The zero-order valence-electron chi connectivity index (χ0n) is 39.0. The quantitative estimate of drug-likeness (QED) is 0.0294. The standard InChI is InChI=1S/C49H99NO9S/c1-3-5-7-9-11-13-15-17-18-19-20-21-22-23-24-25-26-28-30-32-34-36-40-60(57,58)50-42(38-39-44-47(54)49(56)48(55)45(41-51)59-44)46(53)43(52)37-35-33-31-29-27-16-14-12-10-8-6-4-2/h42-56H,3-41H2,1-2H3/t42-,43+,44+,45+,46-,47-,48-,49+/m0/s1. The van der Waals surface area contributed by atoms with Crippen molar-refractivity contribution in [3.63, 3.8) is 0 Å². The second kappa shape index (κ2) is 39.0. The number of unbranched alkanes of at least 4 members (excludes halogenated alkanes) is 32. The summed E-state index contributed by atoms with van der Waals surface area (Å²) in [5.41, 5.74) is 0. The summed E-state index contributed by atoms with van der Waals surface area (Å²) >= 11 is 0. The summed E-state index contributed by atoms with van der Waals surface area (Å²) < 4.78 is 34.8. The monoisotopic (exact) mass is 878 g/mol. The lowest BCUT2D eigenvalue weighted by atomic mass is 9.90. The third-order valence-electron chi connectivity index (χ3n) is 13.0. The first-order valence-corrected chi connectivity index (χ1v) is 27.4. The number of nitrogens with one attached hydrogen (secondary N) is 1. The Bertz CT molecular complexity index is 1030. The van der Waals surface area contributed by atoms with Gasteiger partial charge in [0.1, 0.15) is 24.4 Å². The molecule has 0 spiro atoms. The van der Waals surface area contributed by atoms with Crippen molar-refractivity contribution in [2.24, 2.45) is 0 Å². The first-order chi connectivity index (χ1) is 29.1. The smallest absolute Gasteiger partial charge is 0.211 e. The minimum atomic E-state index is -3.79. The fourth-order valence-corrected chi connectivity index (χ4v) is 10.3. The van der Waals surface area contributed by atoms with Crippen molar-refractivity contribution in [3.8, 4) is 0 Å². The maximum absolute atomic E-state index is 13.3. The van der Waals surface area contributed by atoms with Crippen molar-refractivity contribution in [1.29, 1.82) is 0 Å². The van der Waals surface area contributed by atoms with Crippen LogP contribution in [0.1, 0.15) is 251 Å². The SMILES string of the molecule is CCCCCCCCCCCCCCCCCCCCCCCCS(=O)(=O)N[C@@H](CC[C@H]1O[C@H](CO)[C@H](O)[C@H](O)[C@H]1O)[C@H](O)[C@H](O)CCCCCCCCCCCCCC. The van der Waals surface area contributed by atoms with Crippen LogP contribution in [0.3, 0.4) is 0 Å². The van der Waals surface area contributed by atoms with Gasteiger partial charge in [0.2, 0.25) is 10.0 Å². The molecule has 0 aromatic heterocycles.